The third-order valence-corrected chi connectivity index (χ3v) is 4.42. The third kappa shape index (κ3) is 5.90. The highest BCUT2D eigenvalue weighted by atomic mass is 32.1. The molecule has 1 aromatic carbocycles. The van der Waals surface area contributed by atoms with Crippen molar-refractivity contribution in [2.45, 2.75) is 34.1 Å². The van der Waals surface area contributed by atoms with Gasteiger partial charge in [0.2, 0.25) is 0 Å². The highest BCUT2D eigenvalue weighted by molar-refractivity contribution is 7.80. The standard InChI is InChI=1S/C21H24N4O3S/c1-13(2)9-10-28-17-7-5-16(6-8-17)19(26)23-21(29)24-25-15(4)11-14(3)18(12-22)20(25)27/h5-8,11,13H,9-10H2,1-4H3,(H2,23,24,26,29). The predicted molar refractivity (Wildman–Crippen MR) is 116 cm³/mol. The van der Waals surface area contributed by atoms with E-state index < -0.39 is 11.5 Å². The SMILES string of the molecule is Cc1cc(C)n(NC(=S)NC(=O)c2ccc(OCCC(C)C)cc2)c(=O)c1C#N. The van der Waals surface area contributed by atoms with Crippen LogP contribution in [0.2, 0.25) is 0 Å². The molecule has 2 rings (SSSR count). The Balaban J connectivity index is 2.02. The maximum Gasteiger partial charge on any atom is 0.287 e. The summed E-state index contributed by atoms with van der Waals surface area (Å²) in [5.74, 6) is 0.825. The fourth-order valence-corrected chi connectivity index (χ4v) is 2.77. The number of aryl methyl sites for hydroxylation is 2. The van der Waals surface area contributed by atoms with Crippen LogP contribution in [-0.2, 0) is 0 Å². The van der Waals surface area contributed by atoms with Gasteiger partial charge in [0, 0.05) is 11.3 Å². The fourth-order valence-electron chi connectivity index (χ4n) is 2.59. The Labute approximate surface area is 175 Å². The zero-order valence-corrected chi connectivity index (χ0v) is 17.7. The molecule has 2 aromatic rings. The number of carbonyl (C=O) groups excluding carboxylic acids is 1. The van der Waals surface area contributed by atoms with Gasteiger partial charge in [0.25, 0.3) is 11.5 Å². The van der Waals surface area contributed by atoms with Gasteiger partial charge in [0.15, 0.2) is 5.11 Å². The molecule has 0 aliphatic carbocycles. The number of benzene rings is 1. The first-order chi connectivity index (χ1) is 13.7. The van der Waals surface area contributed by atoms with Crippen molar-refractivity contribution >= 4 is 23.2 Å². The Morgan fingerprint density at radius 3 is 2.52 bits per heavy atom. The van der Waals surface area contributed by atoms with Crippen LogP contribution in [0.15, 0.2) is 35.1 Å². The van der Waals surface area contributed by atoms with Crippen LogP contribution in [0.25, 0.3) is 0 Å². The molecular formula is C21H24N4O3S. The number of nitrogens with one attached hydrogen (secondary N) is 2. The Kier molecular flexibility index (Phi) is 7.51. The molecule has 0 unspecified atom stereocenters. The maximum atomic E-state index is 12.4. The highest BCUT2D eigenvalue weighted by Crippen LogP contribution is 2.13. The molecule has 1 heterocycles. The molecule has 2 N–H and O–H groups in total. The second kappa shape index (κ2) is 9.85. The molecule has 1 amide bonds. The van der Waals surface area contributed by atoms with Crippen molar-refractivity contribution in [3.63, 3.8) is 0 Å². The minimum absolute atomic E-state index is 0.0188. The van der Waals surface area contributed by atoms with Crippen molar-refractivity contribution in [2.75, 3.05) is 12.0 Å². The molecule has 0 saturated heterocycles. The van der Waals surface area contributed by atoms with Gasteiger partial charge in [0.1, 0.15) is 17.4 Å². The average Bonchev–Trinajstić information content (AvgIpc) is 2.65. The van der Waals surface area contributed by atoms with Crippen LogP contribution in [0.1, 0.15) is 47.4 Å². The van der Waals surface area contributed by atoms with Crippen molar-refractivity contribution in [1.82, 2.24) is 9.99 Å². The van der Waals surface area contributed by atoms with Crippen LogP contribution < -0.4 is 21.0 Å². The Hall–Kier alpha value is -3.18. The molecule has 0 atom stereocenters. The number of aromatic nitrogens is 1. The Morgan fingerprint density at radius 1 is 1.28 bits per heavy atom. The average molecular weight is 413 g/mol. The van der Waals surface area contributed by atoms with E-state index in [0.717, 1.165) is 11.1 Å². The zero-order valence-electron chi connectivity index (χ0n) is 16.9. The van der Waals surface area contributed by atoms with E-state index in [0.29, 0.717) is 35.1 Å². The summed E-state index contributed by atoms with van der Waals surface area (Å²) >= 11 is 5.14. The Morgan fingerprint density at radius 2 is 1.93 bits per heavy atom. The molecule has 8 heteroatoms. The molecular weight excluding hydrogens is 388 g/mol. The number of carbonyl (C=O) groups is 1. The minimum Gasteiger partial charge on any atom is -0.494 e. The fraction of sp³-hybridized carbons (Fsp3) is 0.333. The molecule has 0 spiro atoms. The first kappa shape index (κ1) is 22.1. The third-order valence-electron chi connectivity index (χ3n) is 4.22. The second-order valence-corrected chi connectivity index (χ2v) is 7.45. The molecule has 7 nitrogen and oxygen atoms in total. The lowest BCUT2D eigenvalue weighted by Gasteiger charge is -2.15. The molecule has 0 aliphatic heterocycles. The lowest BCUT2D eigenvalue weighted by atomic mass is 10.1. The maximum absolute atomic E-state index is 12.4. The molecule has 0 saturated carbocycles. The molecule has 29 heavy (non-hydrogen) atoms. The van der Waals surface area contributed by atoms with Crippen LogP contribution in [0.3, 0.4) is 0 Å². The van der Waals surface area contributed by atoms with Gasteiger partial charge < -0.3 is 4.74 Å². The van der Waals surface area contributed by atoms with Crippen molar-refractivity contribution < 1.29 is 9.53 Å². The van der Waals surface area contributed by atoms with Gasteiger partial charge >= 0.3 is 0 Å². The van der Waals surface area contributed by atoms with Gasteiger partial charge in [-0.2, -0.15) is 5.26 Å². The van der Waals surface area contributed by atoms with Gasteiger partial charge in [-0.15, -0.1) is 0 Å². The number of pyridine rings is 1. The van der Waals surface area contributed by atoms with E-state index in [4.69, 9.17) is 22.2 Å². The lowest BCUT2D eigenvalue weighted by molar-refractivity contribution is 0.0977. The summed E-state index contributed by atoms with van der Waals surface area (Å²) in [5.41, 5.74) is 3.70. The minimum atomic E-state index is -0.524. The molecule has 1 aromatic heterocycles. The summed E-state index contributed by atoms with van der Waals surface area (Å²) in [4.78, 5) is 24.8. The van der Waals surface area contributed by atoms with Crippen molar-refractivity contribution in [3.8, 4) is 11.8 Å². The van der Waals surface area contributed by atoms with Crippen LogP contribution in [0.4, 0.5) is 0 Å². The number of hydrogen-bond donors (Lipinski definition) is 2. The topological polar surface area (TPSA) is 96.2 Å². The molecule has 0 aliphatic rings. The monoisotopic (exact) mass is 412 g/mol. The lowest BCUT2D eigenvalue weighted by Crippen LogP contribution is -2.43. The van der Waals surface area contributed by atoms with Crippen LogP contribution in [0, 0.1) is 31.1 Å². The van der Waals surface area contributed by atoms with Crippen molar-refractivity contribution in [1.29, 1.82) is 5.26 Å². The van der Waals surface area contributed by atoms with Crippen LogP contribution in [-0.4, -0.2) is 22.3 Å². The summed E-state index contributed by atoms with van der Waals surface area (Å²) in [6.45, 7) is 8.26. The van der Waals surface area contributed by atoms with Gasteiger partial charge in [-0.05, 0) is 74.3 Å². The van der Waals surface area contributed by atoms with E-state index in [1.54, 1.807) is 44.2 Å². The van der Waals surface area contributed by atoms with Crippen LogP contribution in [0.5, 0.6) is 5.75 Å². The molecule has 0 radical (unpaired) electrons. The summed E-state index contributed by atoms with van der Waals surface area (Å²) < 4.78 is 6.77. The molecule has 152 valence electrons. The van der Waals surface area contributed by atoms with E-state index in [1.807, 2.05) is 6.07 Å². The highest BCUT2D eigenvalue weighted by Gasteiger charge is 2.13. The van der Waals surface area contributed by atoms with Gasteiger partial charge in [-0.3, -0.25) is 20.3 Å². The number of nitrogens with zero attached hydrogens (tertiary/aromatic N) is 2. The van der Waals surface area contributed by atoms with Crippen molar-refractivity contribution in [2.24, 2.45) is 5.92 Å². The number of thiocarbonyl (C=S) groups is 1. The molecule has 0 bridgehead atoms. The van der Waals surface area contributed by atoms with E-state index >= 15 is 0 Å². The smallest absolute Gasteiger partial charge is 0.287 e. The largest absolute Gasteiger partial charge is 0.494 e. The number of hydrogen-bond acceptors (Lipinski definition) is 5. The number of rotatable bonds is 6. The van der Waals surface area contributed by atoms with E-state index in [2.05, 4.69) is 24.6 Å². The summed E-state index contributed by atoms with van der Waals surface area (Å²) in [6, 6.07) is 10.3. The van der Waals surface area contributed by atoms with Gasteiger partial charge in [-0.1, -0.05) is 13.8 Å². The Bertz CT molecular complexity index is 1000. The van der Waals surface area contributed by atoms with Gasteiger partial charge in [0.05, 0.1) is 6.61 Å². The number of ether oxygens (including phenoxy) is 1. The summed E-state index contributed by atoms with van der Waals surface area (Å²) in [7, 11) is 0. The molecule has 0 fully saturated rings. The first-order valence-corrected chi connectivity index (χ1v) is 9.62. The summed E-state index contributed by atoms with van der Waals surface area (Å²) in [6.07, 6.45) is 0.952. The van der Waals surface area contributed by atoms with Gasteiger partial charge in [-0.25, -0.2) is 4.68 Å². The first-order valence-electron chi connectivity index (χ1n) is 9.21. The zero-order chi connectivity index (χ0) is 21.6. The second-order valence-electron chi connectivity index (χ2n) is 7.05. The van der Waals surface area contributed by atoms with E-state index in [-0.39, 0.29) is 10.7 Å². The number of nitriles is 1. The van der Waals surface area contributed by atoms with E-state index in [9.17, 15) is 9.59 Å². The number of amides is 1. The predicted octanol–water partition coefficient (Wildman–Crippen LogP) is 3.02. The van der Waals surface area contributed by atoms with E-state index in [1.165, 1.54) is 0 Å². The summed E-state index contributed by atoms with van der Waals surface area (Å²) in [5, 5.41) is 11.6. The normalized spacial score (nSPS) is 10.3. The van der Waals surface area contributed by atoms with Crippen LogP contribution >= 0.6 is 12.2 Å². The quantitative estimate of drug-likeness (QED) is 0.708. The van der Waals surface area contributed by atoms with Crippen molar-refractivity contribution in [3.05, 3.63) is 63.1 Å².